The summed E-state index contributed by atoms with van der Waals surface area (Å²) in [5, 5.41) is 26.9. The number of aliphatic hydroxyl groups is 1. The summed E-state index contributed by atoms with van der Waals surface area (Å²) >= 11 is 0. The van der Waals surface area contributed by atoms with Gasteiger partial charge in [0.05, 0.1) is 26.4 Å². The molecular weight excluding hydrogens is 548 g/mol. The van der Waals surface area contributed by atoms with Crippen molar-refractivity contribution in [3.05, 3.63) is 107 Å². The normalized spacial score (nSPS) is 18.9. The fraction of sp³-hybridized carbons (Fsp3) is 0.353. The smallest absolute Gasteiger partial charge is 0.328 e. The first-order chi connectivity index (χ1) is 20.8. The molecule has 1 heterocycles. The number of hydrogen-bond acceptors (Lipinski definition) is 7. The summed E-state index contributed by atoms with van der Waals surface area (Å²) in [5.41, 5.74) is 4.77. The number of carboxylic acids is 2. The molecule has 0 aromatic heterocycles. The number of benzene rings is 3. The Bertz CT molecular complexity index is 1320. The van der Waals surface area contributed by atoms with Crippen molar-refractivity contribution >= 4 is 11.9 Å². The number of aliphatic hydroxyl groups excluding tert-OH is 1. The van der Waals surface area contributed by atoms with Crippen molar-refractivity contribution in [3.63, 3.8) is 0 Å². The maximum absolute atomic E-state index is 11.2. The molecule has 2 atom stereocenters. The van der Waals surface area contributed by atoms with Gasteiger partial charge in [-0.1, -0.05) is 66.7 Å². The first-order valence-electron chi connectivity index (χ1n) is 14.4. The topological polar surface area (TPSA) is 120 Å². The number of hydrogen-bond donors (Lipinski definition) is 3. The van der Waals surface area contributed by atoms with Gasteiger partial charge in [-0.15, -0.1) is 0 Å². The van der Waals surface area contributed by atoms with E-state index in [1.165, 1.54) is 11.1 Å². The molecule has 0 radical (unpaired) electrons. The molecule has 3 aromatic carbocycles. The van der Waals surface area contributed by atoms with Gasteiger partial charge < -0.3 is 29.7 Å². The van der Waals surface area contributed by atoms with E-state index in [2.05, 4.69) is 70.5 Å². The van der Waals surface area contributed by atoms with Crippen molar-refractivity contribution in [2.24, 2.45) is 5.92 Å². The maximum atomic E-state index is 11.2. The molecule has 0 spiro atoms. The third-order valence-electron chi connectivity index (χ3n) is 8.08. The summed E-state index contributed by atoms with van der Waals surface area (Å²) in [6.45, 7) is 4.97. The van der Waals surface area contributed by atoms with Crippen LogP contribution in [0, 0.1) is 5.92 Å². The van der Waals surface area contributed by atoms with Gasteiger partial charge in [-0.05, 0) is 35.6 Å². The van der Waals surface area contributed by atoms with E-state index in [0.29, 0.717) is 12.2 Å². The van der Waals surface area contributed by atoms with E-state index in [4.69, 9.17) is 19.7 Å². The van der Waals surface area contributed by atoms with E-state index < -0.39 is 18.0 Å². The third-order valence-corrected chi connectivity index (χ3v) is 8.08. The lowest BCUT2D eigenvalue weighted by atomic mass is 9.80. The molecule has 2 aliphatic rings. The van der Waals surface area contributed by atoms with Crippen LogP contribution in [0.1, 0.15) is 40.8 Å². The van der Waals surface area contributed by atoms with Gasteiger partial charge in [0.15, 0.2) is 11.5 Å². The van der Waals surface area contributed by atoms with Crippen LogP contribution in [0.15, 0.2) is 84.9 Å². The van der Waals surface area contributed by atoms with Crippen LogP contribution in [0.3, 0.4) is 0 Å². The second-order valence-corrected chi connectivity index (χ2v) is 10.7. The van der Waals surface area contributed by atoms with Gasteiger partial charge in [0.25, 0.3) is 0 Å². The molecule has 0 amide bonds. The van der Waals surface area contributed by atoms with Crippen LogP contribution < -0.4 is 9.47 Å². The van der Waals surface area contributed by atoms with Gasteiger partial charge in [0.2, 0.25) is 0 Å². The second-order valence-electron chi connectivity index (χ2n) is 10.7. The maximum Gasteiger partial charge on any atom is 0.328 e. The van der Waals surface area contributed by atoms with Crippen molar-refractivity contribution in [3.8, 4) is 11.5 Å². The predicted molar refractivity (Wildman–Crippen MR) is 163 cm³/mol. The van der Waals surface area contributed by atoms with E-state index in [-0.39, 0.29) is 12.0 Å². The third kappa shape index (κ3) is 8.22. The second kappa shape index (κ2) is 15.3. The van der Waals surface area contributed by atoms with Crippen molar-refractivity contribution in [2.45, 2.75) is 25.0 Å². The summed E-state index contributed by atoms with van der Waals surface area (Å²) in [4.78, 5) is 24.2. The fourth-order valence-corrected chi connectivity index (χ4v) is 6.04. The van der Waals surface area contributed by atoms with Crippen LogP contribution in [-0.4, -0.2) is 84.0 Å². The lowest BCUT2D eigenvalue weighted by Crippen LogP contribution is -2.49. The number of piperazine rings is 1. The number of fused-ring (bicyclic) bond motifs is 1. The molecular formula is C34H40N2O7. The average Bonchev–Trinajstić information content (AvgIpc) is 3.03. The van der Waals surface area contributed by atoms with Crippen LogP contribution in [0.2, 0.25) is 0 Å². The lowest BCUT2D eigenvalue weighted by Gasteiger charge is -2.42. The molecule has 1 fully saturated rings. The highest BCUT2D eigenvalue weighted by Crippen LogP contribution is 2.43. The van der Waals surface area contributed by atoms with E-state index in [0.717, 1.165) is 68.2 Å². The Labute approximate surface area is 252 Å². The summed E-state index contributed by atoms with van der Waals surface area (Å²) in [6, 6.07) is 25.9. The minimum absolute atomic E-state index is 0.228. The average molecular weight is 589 g/mol. The Kier molecular flexibility index (Phi) is 11.3. The van der Waals surface area contributed by atoms with Gasteiger partial charge in [0, 0.05) is 56.4 Å². The summed E-state index contributed by atoms with van der Waals surface area (Å²) in [5.74, 6) is -0.783. The monoisotopic (exact) mass is 588 g/mol. The van der Waals surface area contributed by atoms with Gasteiger partial charge >= 0.3 is 11.9 Å². The molecule has 1 saturated heterocycles. The highest BCUT2D eigenvalue weighted by molar-refractivity contribution is 5.89. The first kappa shape index (κ1) is 31.7. The molecule has 3 aromatic rings. The molecule has 9 heteroatoms. The molecule has 3 N–H and O–H groups in total. The van der Waals surface area contributed by atoms with Gasteiger partial charge in [-0.3, -0.25) is 4.90 Å². The Morgan fingerprint density at radius 3 is 1.88 bits per heavy atom. The SMILES string of the molecule is COc1ccc2c(c1OC)CCC(CN1CCN(C(c3ccccc3)c3ccccc3)CC1)C2O.O=C(O)/C=C/C(=O)O. The van der Waals surface area contributed by atoms with E-state index in [1.54, 1.807) is 14.2 Å². The number of carbonyl (C=O) groups is 2. The van der Waals surface area contributed by atoms with E-state index in [1.807, 2.05) is 12.1 Å². The zero-order chi connectivity index (χ0) is 30.8. The van der Waals surface area contributed by atoms with Crippen molar-refractivity contribution < 1.29 is 34.4 Å². The first-order valence-corrected chi connectivity index (χ1v) is 14.4. The molecule has 0 bridgehead atoms. The molecule has 43 heavy (non-hydrogen) atoms. The summed E-state index contributed by atoms with van der Waals surface area (Å²) < 4.78 is 11.1. The zero-order valence-corrected chi connectivity index (χ0v) is 24.6. The number of nitrogens with zero attached hydrogens (tertiary/aromatic N) is 2. The number of rotatable bonds is 9. The van der Waals surface area contributed by atoms with Gasteiger partial charge in [0.1, 0.15) is 0 Å². The van der Waals surface area contributed by atoms with Gasteiger partial charge in [-0.25, -0.2) is 9.59 Å². The number of ether oxygens (including phenoxy) is 2. The molecule has 228 valence electrons. The molecule has 1 aliphatic carbocycles. The summed E-state index contributed by atoms with van der Waals surface area (Å²) in [7, 11) is 3.33. The number of carboxylic acid groups (broad SMARTS) is 2. The van der Waals surface area contributed by atoms with Crippen LogP contribution in [0.25, 0.3) is 0 Å². The summed E-state index contributed by atoms with van der Waals surface area (Å²) in [6.07, 6.45) is 2.50. The van der Waals surface area contributed by atoms with Crippen LogP contribution in [0.5, 0.6) is 11.5 Å². The quantitative estimate of drug-likeness (QED) is 0.312. The van der Waals surface area contributed by atoms with Crippen molar-refractivity contribution in [2.75, 3.05) is 46.9 Å². The van der Waals surface area contributed by atoms with Crippen LogP contribution >= 0.6 is 0 Å². The van der Waals surface area contributed by atoms with Crippen molar-refractivity contribution in [1.29, 1.82) is 0 Å². The molecule has 9 nitrogen and oxygen atoms in total. The van der Waals surface area contributed by atoms with Crippen LogP contribution in [0.4, 0.5) is 0 Å². The highest BCUT2D eigenvalue weighted by atomic mass is 16.5. The van der Waals surface area contributed by atoms with E-state index in [9.17, 15) is 14.7 Å². The van der Waals surface area contributed by atoms with E-state index >= 15 is 0 Å². The molecule has 2 unspecified atom stereocenters. The van der Waals surface area contributed by atoms with Crippen molar-refractivity contribution in [1.82, 2.24) is 9.80 Å². The highest BCUT2D eigenvalue weighted by Gasteiger charge is 2.34. The zero-order valence-electron chi connectivity index (χ0n) is 24.6. The lowest BCUT2D eigenvalue weighted by molar-refractivity contribution is -0.134. The number of aliphatic carboxylic acids is 2. The Balaban J connectivity index is 0.000000467. The van der Waals surface area contributed by atoms with Gasteiger partial charge in [-0.2, -0.15) is 0 Å². The Morgan fingerprint density at radius 1 is 0.837 bits per heavy atom. The predicted octanol–water partition coefficient (Wildman–Crippen LogP) is 4.42. The molecule has 5 rings (SSSR count). The fourth-order valence-electron chi connectivity index (χ4n) is 6.04. The number of methoxy groups -OCH3 is 2. The van der Waals surface area contributed by atoms with Crippen LogP contribution in [-0.2, 0) is 16.0 Å². The molecule has 1 aliphatic heterocycles. The standard InChI is InChI=1S/C30H36N2O3.C4H4O4/c1-34-27-16-15-25-26(30(27)35-2)14-13-24(29(25)33)21-31-17-19-32(20-18-31)28(22-9-5-3-6-10-22)23-11-7-4-8-12-23;5-3(6)1-2-4(7)8/h3-12,15-16,24,28-29,33H,13-14,17-21H2,1-2H3;1-2H,(H,5,6)(H,7,8)/b;2-1+. The Hall–Kier alpha value is -4.18. The Morgan fingerprint density at radius 2 is 1.40 bits per heavy atom. The minimum Gasteiger partial charge on any atom is -0.493 e. The minimum atomic E-state index is -1.26. The molecule has 0 saturated carbocycles. The largest absolute Gasteiger partial charge is 0.493 e.